The van der Waals surface area contributed by atoms with Crippen LogP contribution in [0.4, 0.5) is 0 Å². The molecule has 0 radical (unpaired) electrons. The lowest BCUT2D eigenvalue weighted by Gasteiger charge is -2.32. The van der Waals surface area contributed by atoms with Crippen LogP contribution in [0.15, 0.2) is 24.3 Å². The van der Waals surface area contributed by atoms with E-state index in [0.29, 0.717) is 32.4 Å². The standard InChI is InChI=1S/C16H24N2O3S/c1-13-5-3-6-14(11-13)8-9-16(19)18-10-4-7-15(12-18)22(20,21)17-2/h3,5-6,11,15,17H,4,7-10,12H2,1-2H3. The summed E-state index contributed by atoms with van der Waals surface area (Å²) in [6.07, 6.45) is 2.48. The van der Waals surface area contributed by atoms with E-state index in [2.05, 4.69) is 10.8 Å². The number of piperidine rings is 1. The van der Waals surface area contributed by atoms with Crippen LogP contribution < -0.4 is 4.72 Å². The second kappa shape index (κ2) is 7.24. The lowest BCUT2D eigenvalue weighted by atomic mass is 10.1. The number of aryl methyl sites for hydroxylation is 2. The number of hydrogen-bond acceptors (Lipinski definition) is 3. The van der Waals surface area contributed by atoms with E-state index in [1.807, 2.05) is 25.1 Å². The molecular weight excluding hydrogens is 300 g/mol. The topological polar surface area (TPSA) is 66.5 Å². The number of sulfonamides is 1. The minimum absolute atomic E-state index is 0.0394. The van der Waals surface area contributed by atoms with Crippen LogP contribution >= 0.6 is 0 Å². The molecule has 5 nitrogen and oxygen atoms in total. The van der Waals surface area contributed by atoms with E-state index < -0.39 is 15.3 Å². The SMILES string of the molecule is CNS(=O)(=O)C1CCCN(C(=O)CCc2cccc(C)c2)C1. The first-order valence-corrected chi connectivity index (χ1v) is 9.22. The van der Waals surface area contributed by atoms with Gasteiger partial charge in [0.1, 0.15) is 0 Å². The van der Waals surface area contributed by atoms with Gasteiger partial charge in [0.25, 0.3) is 0 Å². The summed E-state index contributed by atoms with van der Waals surface area (Å²) in [6, 6.07) is 8.12. The van der Waals surface area contributed by atoms with Gasteiger partial charge in [0.05, 0.1) is 5.25 Å². The van der Waals surface area contributed by atoms with Gasteiger partial charge in [-0.2, -0.15) is 0 Å². The molecule has 122 valence electrons. The molecule has 1 unspecified atom stereocenters. The smallest absolute Gasteiger partial charge is 0.222 e. The Morgan fingerprint density at radius 1 is 1.41 bits per heavy atom. The highest BCUT2D eigenvalue weighted by Gasteiger charge is 2.31. The molecule has 6 heteroatoms. The zero-order valence-electron chi connectivity index (χ0n) is 13.2. The Hall–Kier alpha value is -1.40. The molecule has 1 atom stereocenters. The largest absolute Gasteiger partial charge is 0.341 e. The summed E-state index contributed by atoms with van der Waals surface area (Å²) in [6.45, 7) is 2.99. The highest BCUT2D eigenvalue weighted by atomic mass is 32.2. The van der Waals surface area contributed by atoms with Gasteiger partial charge in [-0.25, -0.2) is 13.1 Å². The first kappa shape index (κ1) is 17.0. The van der Waals surface area contributed by atoms with Crippen molar-refractivity contribution in [1.82, 2.24) is 9.62 Å². The van der Waals surface area contributed by atoms with Crippen LogP contribution in [0.2, 0.25) is 0 Å². The molecule has 2 rings (SSSR count). The fourth-order valence-corrected chi connectivity index (χ4v) is 4.05. The van der Waals surface area contributed by atoms with Gasteiger partial charge in [0.2, 0.25) is 15.9 Å². The summed E-state index contributed by atoms with van der Waals surface area (Å²) in [5, 5.41) is -0.492. The summed E-state index contributed by atoms with van der Waals surface area (Å²) < 4.78 is 26.1. The van der Waals surface area contributed by atoms with Crippen LogP contribution in [0, 0.1) is 6.92 Å². The van der Waals surface area contributed by atoms with Gasteiger partial charge < -0.3 is 4.90 Å². The molecule has 1 aromatic rings. The quantitative estimate of drug-likeness (QED) is 0.892. The van der Waals surface area contributed by atoms with Crippen molar-refractivity contribution in [2.24, 2.45) is 0 Å². The molecule has 1 N–H and O–H groups in total. The summed E-state index contributed by atoms with van der Waals surface area (Å²) in [5.41, 5.74) is 2.33. The Morgan fingerprint density at radius 2 is 2.18 bits per heavy atom. The maximum absolute atomic E-state index is 12.3. The lowest BCUT2D eigenvalue weighted by Crippen LogP contribution is -2.47. The van der Waals surface area contributed by atoms with Crippen molar-refractivity contribution in [2.45, 2.75) is 37.9 Å². The first-order chi connectivity index (χ1) is 10.4. The second-order valence-electron chi connectivity index (χ2n) is 5.84. The number of carbonyl (C=O) groups is 1. The molecule has 0 saturated carbocycles. The molecule has 1 amide bonds. The maximum atomic E-state index is 12.3. The van der Waals surface area contributed by atoms with Crippen molar-refractivity contribution in [1.29, 1.82) is 0 Å². The molecule has 22 heavy (non-hydrogen) atoms. The second-order valence-corrected chi connectivity index (χ2v) is 8.01. The molecule has 0 aliphatic carbocycles. The van der Waals surface area contributed by atoms with Gasteiger partial charge in [0, 0.05) is 19.5 Å². The minimum atomic E-state index is -3.30. The van der Waals surface area contributed by atoms with Crippen molar-refractivity contribution < 1.29 is 13.2 Å². The van der Waals surface area contributed by atoms with Crippen LogP contribution in [-0.2, 0) is 21.2 Å². The molecule has 1 saturated heterocycles. The predicted molar refractivity (Wildman–Crippen MR) is 87.1 cm³/mol. The summed E-state index contributed by atoms with van der Waals surface area (Å²) >= 11 is 0. The van der Waals surface area contributed by atoms with E-state index in [0.717, 1.165) is 12.0 Å². The Morgan fingerprint density at radius 3 is 2.86 bits per heavy atom. The van der Waals surface area contributed by atoms with Crippen LogP contribution in [-0.4, -0.2) is 44.6 Å². The van der Waals surface area contributed by atoms with Crippen LogP contribution in [0.3, 0.4) is 0 Å². The molecule has 1 aromatic carbocycles. The van der Waals surface area contributed by atoms with Gasteiger partial charge in [-0.05, 0) is 38.8 Å². The fourth-order valence-electron chi connectivity index (χ4n) is 2.86. The number of likely N-dealkylation sites (tertiary alicyclic amines) is 1. The Labute approximate surface area is 132 Å². The monoisotopic (exact) mass is 324 g/mol. The van der Waals surface area contributed by atoms with Crippen molar-refractivity contribution in [3.8, 4) is 0 Å². The highest BCUT2D eigenvalue weighted by molar-refractivity contribution is 7.90. The molecule has 1 heterocycles. The van der Waals surface area contributed by atoms with Gasteiger partial charge in [-0.3, -0.25) is 4.79 Å². The van der Waals surface area contributed by atoms with Gasteiger partial charge in [0.15, 0.2) is 0 Å². The number of amides is 1. The number of hydrogen-bond donors (Lipinski definition) is 1. The zero-order valence-corrected chi connectivity index (χ0v) is 14.0. The zero-order chi connectivity index (χ0) is 16.2. The first-order valence-electron chi connectivity index (χ1n) is 7.68. The normalized spacial score (nSPS) is 19.2. The fraction of sp³-hybridized carbons (Fsp3) is 0.562. The minimum Gasteiger partial charge on any atom is -0.341 e. The average molecular weight is 324 g/mol. The molecule has 0 aromatic heterocycles. The lowest BCUT2D eigenvalue weighted by molar-refractivity contribution is -0.131. The van der Waals surface area contributed by atoms with E-state index in [1.165, 1.54) is 12.6 Å². The molecule has 1 aliphatic rings. The number of benzene rings is 1. The molecular formula is C16H24N2O3S. The summed E-state index contributed by atoms with van der Waals surface area (Å²) in [7, 11) is -1.88. The molecule has 1 fully saturated rings. The number of rotatable bonds is 5. The van der Waals surface area contributed by atoms with Crippen LogP contribution in [0.25, 0.3) is 0 Å². The Balaban J connectivity index is 1.92. The highest BCUT2D eigenvalue weighted by Crippen LogP contribution is 2.17. The van der Waals surface area contributed by atoms with E-state index >= 15 is 0 Å². The van der Waals surface area contributed by atoms with E-state index in [1.54, 1.807) is 4.90 Å². The van der Waals surface area contributed by atoms with Gasteiger partial charge in [-0.15, -0.1) is 0 Å². The van der Waals surface area contributed by atoms with Crippen molar-refractivity contribution in [3.63, 3.8) is 0 Å². The van der Waals surface area contributed by atoms with Crippen molar-refractivity contribution >= 4 is 15.9 Å². The summed E-state index contributed by atoms with van der Waals surface area (Å²) in [4.78, 5) is 14.0. The molecule has 0 spiro atoms. The average Bonchev–Trinajstić information content (AvgIpc) is 2.53. The van der Waals surface area contributed by atoms with Crippen LogP contribution in [0.1, 0.15) is 30.4 Å². The Bertz CT molecular complexity index is 628. The third-order valence-corrected chi connectivity index (χ3v) is 6.00. The number of carbonyl (C=O) groups excluding carboxylic acids is 1. The van der Waals surface area contributed by atoms with E-state index in [4.69, 9.17) is 0 Å². The van der Waals surface area contributed by atoms with Crippen molar-refractivity contribution in [3.05, 3.63) is 35.4 Å². The van der Waals surface area contributed by atoms with E-state index in [9.17, 15) is 13.2 Å². The maximum Gasteiger partial charge on any atom is 0.222 e. The van der Waals surface area contributed by atoms with Gasteiger partial charge >= 0.3 is 0 Å². The molecule has 0 bridgehead atoms. The third-order valence-electron chi connectivity index (χ3n) is 4.16. The third kappa shape index (κ3) is 4.30. The number of nitrogens with zero attached hydrogens (tertiary/aromatic N) is 1. The van der Waals surface area contributed by atoms with Gasteiger partial charge in [-0.1, -0.05) is 29.8 Å². The molecule has 1 aliphatic heterocycles. The Kier molecular flexibility index (Phi) is 5.58. The van der Waals surface area contributed by atoms with Crippen molar-refractivity contribution in [2.75, 3.05) is 20.1 Å². The van der Waals surface area contributed by atoms with Crippen LogP contribution in [0.5, 0.6) is 0 Å². The predicted octanol–water partition coefficient (Wildman–Crippen LogP) is 1.47. The summed E-state index contributed by atoms with van der Waals surface area (Å²) in [5.74, 6) is 0.0394. The number of nitrogens with one attached hydrogen (secondary N) is 1. The van der Waals surface area contributed by atoms with E-state index in [-0.39, 0.29) is 5.91 Å².